The van der Waals surface area contributed by atoms with E-state index in [1.807, 2.05) is 19.1 Å². The number of hydrogen-bond donors (Lipinski definition) is 3. The van der Waals surface area contributed by atoms with Crippen LogP contribution in [0.15, 0.2) is 42.5 Å². The van der Waals surface area contributed by atoms with Crippen LogP contribution in [0.1, 0.15) is 86.5 Å². The third-order valence-electron chi connectivity index (χ3n) is 12.2. The zero-order chi connectivity index (χ0) is 42.6. The molecule has 2 aliphatic heterocycles. The van der Waals surface area contributed by atoms with Crippen molar-refractivity contribution in [1.82, 2.24) is 24.8 Å². The van der Waals surface area contributed by atoms with E-state index in [9.17, 15) is 41.1 Å². The van der Waals surface area contributed by atoms with E-state index in [0.29, 0.717) is 50.3 Å². The van der Waals surface area contributed by atoms with Gasteiger partial charge in [0.25, 0.3) is 5.91 Å². The summed E-state index contributed by atoms with van der Waals surface area (Å²) in [5.41, 5.74) is -4.75. The second-order valence-corrected chi connectivity index (χ2v) is 19.2. The largest absolute Gasteiger partial charge is 0.478 e. The molecular formula is C40H52F3N5O9S. The van der Waals surface area contributed by atoms with E-state index < -0.39 is 85.9 Å². The molecule has 1 aromatic carbocycles. The molecule has 2 saturated carbocycles. The van der Waals surface area contributed by atoms with Crippen LogP contribution >= 0.6 is 0 Å². The molecule has 0 bridgehead atoms. The van der Waals surface area contributed by atoms with Gasteiger partial charge in [0.05, 0.1) is 17.9 Å². The number of alkyl halides is 3. The Morgan fingerprint density at radius 2 is 1.83 bits per heavy atom. The van der Waals surface area contributed by atoms with Gasteiger partial charge in [-0.15, -0.1) is 0 Å². The molecule has 4 aliphatic rings. The lowest BCUT2D eigenvalue weighted by Gasteiger charge is -2.45. The van der Waals surface area contributed by atoms with Crippen LogP contribution in [-0.4, -0.2) is 105 Å². The number of sulfonamides is 1. The molecule has 6 rings (SSSR count). The molecular weight excluding hydrogens is 784 g/mol. The average Bonchev–Trinajstić information content (AvgIpc) is 4.01. The monoisotopic (exact) mass is 835 g/mol. The number of carbonyl (C=O) groups excluding carboxylic acids is 3. The number of nitrogens with one attached hydrogen (secondary N) is 2. The van der Waals surface area contributed by atoms with Crippen molar-refractivity contribution in [2.45, 2.75) is 127 Å². The van der Waals surface area contributed by atoms with Gasteiger partial charge in [-0.05, 0) is 89.5 Å². The fourth-order valence-corrected chi connectivity index (χ4v) is 9.51. The SMILES string of the molecule is CCOc1cc2ccccc2c(O[C@@H]2C[C@H]3C(=O)N[C@]4(C(=O)NS(=O)(=O)C5(C)CC5)C[C@H]4/C=C\CC[C@H](C)C[C@@H](C)[C@H](N(C(=O)O)C(C)(C)C(F)(F)F)C(=O)N3C2)n1. The molecule has 3 heterocycles. The van der Waals surface area contributed by atoms with E-state index in [1.54, 1.807) is 37.3 Å². The highest BCUT2D eigenvalue weighted by molar-refractivity contribution is 7.91. The van der Waals surface area contributed by atoms with Crippen LogP contribution in [0.2, 0.25) is 0 Å². The van der Waals surface area contributed by atoms with E-state index in [1.165, 1.54) is 13.8 Å². The topological polar surface area (TPSA) is 185 Å². The van der Waals surface area contributed by atoms with Crippen LogP contribution in [0.25, 0.3) is 10.8 Å². The second kappa shape index (κ2) is 15.5. The van der Waals surface area contributed by atoms with Gasteiger partial charge in [-0.3, -0.25) is 24.0 Å². The van der Waals surface area contributed by atoms with Crippen LogP contribution < -0.4 is 19.5 Å². The molecule has 0 radical (unpaired) electrons. The van der Waals surface area contributed by atoms with Crippen molar-refractivity contribution in [2.24, 2.45) is 17.8 Å². The lowest BCUT2D eigenvalue weighted by molar-refractivity contribution is -0.222. The molecule has 0 unspecified atom stereocenters. The number of allylic oxidation sites excluding steroid dienone is 1. The summed E-state index contributed by atoms with van der Waals surface area (Å²) in [6, 6.07) is 5.46. The van der Waals surface area contributed by atoms with Crippen LogP contribution in [0.4, 0.5) is 18.0 Å². The average molecular weight is 836 g/mol. The number of hydrogen-bond acceptors (Lipinski definition) is 9. The zero-order valence-corrected chi connectivity index (χ0v) is 34.3. The molecule has 58 heavy (non-hydrogen) atoms. The smallest absolute Gasteiger partial charge is 0.411 e. The Hall–Kier alpha value is -4.61. The van der Waals surface area contributed by atoms with Crippen LogP contribution in [0.5, 0.6) is 11.8 Å². The van der Waals surface area contributed by atoms with Gasteiger partial charge < -0.3 is 24.8 Å². The summed E-state index contributed by atoms with van der Waals surface area (Å²) in [6.45, 7) is 7.98. The van der Waals surface area contributed by atoms with Gasteiger partial charge in [-0.25, -0.2) is 13.2 Å². The number of halogens is 3. The predicted molar refractivity (Wildman–Crippen MR) is 206 cm³/mol. The number of nitrogens with zero attached hydrogens (tertiary/aromatic N) is 3. The van der Waals surface area contributed by atoms with E-state index in [-0.39, 0.29) is 55.0 Å². The summed E-state index contributed by atoms with van der Waals surface area (Å²) < 4.78 is 83.6. The molecule has 4 amide bonds. The van der Waals surface area contributed by atoms with Crippen molar-refractivity contribution in [2.75, 3.05) is 13.2 Å². The van der Waals surface area contributed by atoms with Crippen molar-refractivity contribution in [3.05, 3.63) is 42.5 Å². The van der Waals surface area contributed by atoms with Gasteiger partial charge in [-0.1, -0.05) is 44.2 Å². The maximum Gasteiger partial charge on any atom is 0.411 e. The molecule has 1 saturated heterocycles. The normalized spacial score (nSPS) is 29.5. The summed E-state index contributed by atoms with van der Waals surface area (Å²) in [5.74, 6) is -4.27. The molecule has 0 spiro atoms. The minimum absolute atomic E-state index is 0.0514. The number of amides is 4. The summed E-state index contributed by atoms with van der Waals surface area (Å²) in [5, 5.41) is 14.5. The highest BCUT2D eigenvalue weighted by Crippen LogP contribution is 2.48. The lowest BCUT2D eigenvalue weighted by atomic mass is 9.85. The first kappa shape index (κ1) is 43.0. The third-order valence-corrected chi connectivity index (χ3v) is 14.4. The second-order valence-electron chi connectivity index (χ2n) is 17.0. The van der Waals surface area contributed by atoms with Crippen molar-refractivity contribution in [3.63, 3.8) is 0 Å². The number of fused-ring (bicyclic) bond motifs is 3. The first-order chi connectivity index (χ1) is 27.0. The highest BCUT2D eigenvalue weighted by Gasteiger charge is 2.64. The number of ether oxygens (including phenoxy) is 2. The number of rotatable bonds is 9. The summed E-state index contributed by atoms with van der Waals surface area (Å²) in [7, 11) is -4.12. The molecule has 2 aliphatic carbocycles. The highest BCUT2D eigenvalue weighted by atomic mass is 32.2. The van der Waals surface area contributed by atoms with Crippen molar-refractivity contribution < 1.29 is 55.3 Å². The van der Waals surface area contributed by atoms with Gasteiger partial charge in [-0.2, -0.15) is 18.2 Å². The van der Waals surface area contributed by atoms with Gasteiger partial charge in [0.1, 0.15) is 29.3 Å². The summed E-state index contributed by atoms with van der Waals surface area (Å²) in [6.07, 6.45) is -2.85. The Kier molecular flexibility index (Phi) is 11.5. The van der Waals surface area contributed by atoms with E-state index in [0.717, 1.165) is 4.90 Å². The number of carbonyl (C=O) groups is 4. The molecule has 7 atom stereocenters. The van der Waals surface area contributed by atoms with Gasteiger partial charge in [0.15, 0.2) is 0 Å². The third kappa shape index (κ3) is 8.17. The maximum atomic E-state index is 15.0. The molecule has 318 valence electrons. The molecule has 2 aromatic rings. The number of carboxylic acid groups (broad SMARTS) is 1. The lowest BCUT2D eigenvalue weighted by Crippen LogP contribution is -2.66. The standard InChI is InChI=1S/C40H52F3N5O9S/c1-7-56-30-19-25-13-9-11-15-28(25)33(44-30)57-27-20-29-32(49)45-39(35(51)46-58(54,55)38(6)16-17-38)21-26(39)14-10-8-12-23(2)18-24(3)31(34(50)47(29)22-27)48(36(52)53)37(4,5)40(41,42)43/h9-11,13-15,19,23-24,26-27,29,31H,7-8,12,16-18,20-22H2,1-6H3,(H,45,49)(H,46,51)(H,52,53)/b14-10-/t23-,24+,26+,27+,29-,31-,39+/m0/s1. The van der Waals surface area contributed by atoms with Crippen molar-refractivity contribution in [1.29, 1.82) is 0 Å². The number of pyridine rings is 1. The van der Waals surface area contributed by atoms with Gasteiger partial charge >= 0.3 is 12.3 Å². The minimum atomic E-state index is -5.09. The Morgan fingerprint density at radius 3 is 2.47 bits per heavy atom. The minimum Gasteiger partial charge on any atom is -0.478 e. The Labute approximate surface area is 335 Å². The van der Waals surface area contributed by atoms with Gasteiger partial charge in [0.2, 0.25) is 33.6 Å². The first-order valence-corrected chi connectivity index (χ1v) is 21.2. The zero-order valence-electron chi connectivity index (χ0n) is 33.5. The fraction of sp³-hybridized carbons (Fsp3) is 0.625. The van der Waals surface area contributed by atoms with E-state index in [2.05, 4.69) is 15.0 Å². The maximum absolute atomic E-state index is 15.0. The Bertz CT molecular complexity index is 2090. The summed E-state index contributed by atoms with van der Waals surface area (Å²) in [4.78, 5) is 62.2. The Morgan fingerprint density at radius 1 is 1.14 bits per heavy atom. The molecule has 1 aromatic heterocycles. The first-order valence-electron chi connectivity index (χ1n) is 19.7. The molecule has 18 heteroatoms. The van der Waals surface area contributed by atoms with Crippen LogP contribution in [0.3, 0.4) is 0 Å². The fourth-order valence-electron chi connectivity index (χ4n) is 8.20. The Balaban J connectivity index is 1.43. The van der Waals surface area contributed by atoms with Crippen molar-refractivity contribution >= 4 is 44.6 Å². The number of aromatic nitrogens is 1. The molecule has 3 N–H and O–H groups in total. The number of benzene rings is 1. The summed E-state index contributed by atoms with van der Waals surface area (Å²) >= 11 is 0. The van der Waals surface area contributed by atoms with E-state index in [4.69, 9.17) is 9.47 Å². The van der Waals surface area contributed by atoms with E-state index >= 15 is 4.79 Å². The predicted octanol–water partition coefficient (Wildman–Crippen LogP) is 5.56. The molecule has 3 fully saturated rings. The quantitative estimate of drug-likeness (QED) is 0.271. The van der Waals surface area contributed by atoms with Gasteiger partial charge in [0, 0.05) is 23.8 Å². The van der Waals surface area contributed by atoms with Crippen LogP contribution in [0, 0.1) is 17.8 Å². The molecule has 14 nitrogen and oxygen atoms in total. The van der Waals surface area contributed by atoms with Crippen LogP contribution in [-0.2, 0) is 24.4 Å². The van der Waals surface area contributed by atoms with Crippen molar-refractivity contribution in [3.8, 4) is 11.8 Å².